The molecule has 0 bridgehead atoms. The van der Waals surface area contributed by atoms with Crippen LogP contribution in [0, 0.1) is 0 Å². The first-order valence-electron chi connectivity index (χ1n) is 5.73. The quantitative estimate of drug-likeness (QED) is 0.615. The van der Waals surface area contributed by atoms with Gasteiger partial charge in [0.25, 0.3) is 0 Å². The van der Waals surface area contributed by atoms with E-state index in [1.807, 2.05) is 13.1 Å². The van der Waals surface area contributed by atoms with Crippen molar-refractivity contribution in [3.05, 3.63) is 18.2 Å². The molecule has 1 rings (SSSR count). The molecule has 6 nitrogen and oxygen atoms in total. The van der Waals surface area contributed by atoms with Gasteiger partial charge in [-0.25, -0.2) is 4.98 Å². The number of methoxy groups -OCH3 is 1. The molecule has 0 atom stereocenters. The van der Waals surface area contributed by atoms with E-state index < -0.39 is 0 Å². The highest BCUT2D eigenvalue weighted by Gasteiger charge is 2.02. The van der Waals surface area contributed by atoms with Gasteiger partial charge >= 0.3 is 0 Å². The van der Waals surface area contributed by atoms with Crippen LogP contribution in [0.25, 0.3) is 0 Å². The Balaban J connectivity index is 2.29. The van der Waals surface area contributed by atoms with Crippen molar-refractivity contribution < 1.29 is 9.53 Å². The topological polar surface area (TPSA) is 68.2 Å². The molecule has 0 fully saturated rings. The van der Waals surface area contributed by atoms with Crippen LogP contribution in [0.4, 0.5) is 0 Å². The Labute approximate surface area is 101 Å². The van der Waals surface area contributed by atoms with Crippen LogP contribution in [-0.2, 0) is 22.6 Å². The number of hydrogen-bond donors (Lipinski definition) is 2. The number of rotatable bonds is 8. The second kappa shape index (κ2) is 7.81. The lowest BCUT2D eigenvalue weighted by molar-refractivity contribution is -0.121. The third-order valence-electron chi connectivity index (χ3n) is 2.18. The number of nitrogens with zero attached hydrogens (tertiary/aromatic N) is 2. The van der Waals surface area contributed by atoms with E-state index in [9.17, 15) is 4.79 Å². The molecule has 1 amide bonds. The van der Waals surface area contributed by atoms with Gasteiger partial charge in [0.2, 0.25) is 5.91 Å². The second-order valence-corrected chi connectivity index (χ2v) is 3.66. The summed E-state index contributed by atoms with van der Waals surface area (Å²) in [6, 6.07) is 0. The maximum Gasteiger partial charge on any atom is 0.239 e. The molecule has 0 radical (unpaired) electrons. The molecule has 17 heavy (non-hydrogen) atoms. The molecule has 0 aliphatic rings. The molecule has 0 saturated carbocycles. The number of carbonyl (C=O) groups excluding carboxylic acids is 1. The molecular formula is C11H20N4O2. The van der Waals surface area contributed by atoms with Gasteiger partial charge in [-0.3, -0.25) is 4.79 Å². The first-order valence-corrected chi connectivity index (χ1v) is 5.73. The summed E-state index contributed by atoms with van der Waals surface area (Å²) in [6.07, 6.45) is 3.54. The Bertz CT molecular complexity index is 338. The van der Waals surface area contributed by atoms with E-state index in [0.717, 1.165) is 12.2 Å². The summed E-state index contributed by atoms with van der Waals surface area (Å²) < 4.78 is 6.70. The molecule has 0 aromatic carbocycles. The van der Waals surface area contributed by atoms with E-state index in [0.29, 0.717) is 26.2 Å². The number of aromatic nitrogens is 2. The third-order valence-corrected chi connectivity index (χ3v) is 2.18. The number of imidazole rings is 1. The smallest absolute Gasteiger partial charge is 0.239 e. The normalized spacial score (nSPS) is 10.5. The third kappa shape index (κ3) is 5.46. The van der Waals surface area contributed by atoms with E-state index >= 15 is 0 Å². The van der Waals surface area contributed by atoms with Crippen molar-refractivity contribution in [2.75, 3.05) is 26.8 Å². The summed E-state index contributed by atoms with van der Waals surface area (Å²) in [4.78, 5) is 15.5. The van der Waals surface area contributed by atoms with Crippen LogP contribution >= 0.6 is 0 Å². The Morgan fingerprint density at radius 1 is 1.59 bits per heavy atom. The first kappa shape index (κ1) is 13.7. The van der Waals surface area contributed by atoms with Gasteiger partial charge < -0.3 is 19.9 Å². The van der Waals surface area contributed by atoms with Gasteiger partial charge in [0, 0.05) is 32.9 Å². The zero-order chi connectivity index (χ0) is 12.5. The lowest BCUT2D eigenvalue weighted by atomic mass is 10.4. The molecule has 2 N–H and O–H groups in total. The predicted octanol–water partition coefficient (Wildman–Crippen LogP) is -0.245. The Hall–Kier alpha value is -1.40. The number of likely N-dealkylation sites (N-methyl/N-ethyl adjacent to an activating group) is 1. The van der Waals surface area contributed by atoms with Gasteiger partial charge in [0.15, 0.2) is 0 Å². The van der Waals surface area contributed by atoms with Crippen LogP contribution < -0.4 is 10.6 Å². The van der Waals surface area contributed by atoms with Gasteiger partial charge in [0.1, 0.15) is 6.54 Å². The number of ether oxygens (including phenoxy) is 1. The molecule has 0 spiro atoms. The van der Waals surface area contributed by atoms with Gasteiger partial charge in [-0.05, 0) is 6.92 Å². The average molecular weight is 240 g/mol. The van der Waals surface area contributed by atoms with E-state index in [2.05, 4.69) is 15.6 Å². The van der Waals surface area contributed by atoms with Crippen molar-refractivity contribution in [1.29, 1.82) is 0 Å². The minimum atomic E-state index is 0.00351. The van der Waals surface area contributed by atoms with Crippen LogP contribution in [0.5, 0.6) is 0 Å². The maximum atomic E-state index is 11.3. The molecule has 1 aromatic rings. The molecular weight excluding hydrogens is 220 g/mol. The lowest BCUT2D eigenvalue weighted by Crippen LogP contribution is -2.26. The largest absolute Gasteiger partial charge is 0.383 e. The summed E-state index contributed by atoms with van der Waals surface area (Å²) in [5, 5.41) is 5.94. The summed E-state index contributed by atoms with van der Waals surface area (Å²) in [6.45, 7) is 5.03. The van der Waals surface area contributed by atoms with Crippen molar-refractivity contribution in [3.8, 4) is 0 Å². The fraction of sp³-hybridized carbons (Fsp3) is 0.636. The molecule has 0 unspecified atom stereocenters. The first-order chi connectivity index (χ1) is 8.26. The Kier molecular flexibility index (Phi) is 6.27. The van der Waals surface area contributed by atoms with Crippen LogP contribution in [0.2, 0.25) is 0 Å². The Morgan fingerprint density at radius 3 is 3.12 bits per heavy atom. The monoisotopic (exact) mass is 240 g/mol. The van der Waals surface area contributed by atoms with Crippen molar-refractivity contribution in [2.24, 2.45) is 0 Å². The molecule has 1 aromatic heterocycles. The van der Waals surface area contributed by atoms with Crippen LogP contribution in [0.1, 0.15) is 12.6 Å². The van der Waals surface area contributed by atoms with E-state index in [4.69, 9.17) is 4.74 Å². The number of carbonyl (C=O) groups is 1. The summed E-state index contributed by atoms with van der Waals surface area (Å²) in [5.74, 6) is 0.00351. The second-order valence-electron chi connectivity index (χ2n) is 3.66. The highest BCUT2D eigenvalue weighted by atomic mass is 16.5. The molecule has 96 valence electrons. The van der Waals surface area contributed by atoms with Crippen molar-refractivity contribution in [3.63, 3.8) is 0 Å². The minimum absolute atomic E-state index is 0.00351. The number of nitrogens with one attached hydrogen (secondary N) is 2. The van der Waals surface area contributed by atoms with Gasteiger partial charge in [-0.15, -0.1) is 0 Å². The number of amides is 1. The van der Waals surface area contributed by atoms with E-state index in [-0.39, 0.29) is 5.91 Å². The van der Waals surface area contributed by atoms with E-state index in [1.54, 1.807) is 18.0 Å². The van der Waals surface area contributed by atoms with Crippen LogP contribution in [0.15, 0.2) is 12.5 Å². The highest BCUT2D eigenvalue weighted by molar-refractivity contribution is 5.75. The molecule has 0 aliphatic carbocycles. The van der Waals surface area contributed by atoms with E-state index in [1.165, 1.54) is 0 Å². The zero-order valence-corrected chi connectivity index (χ0v) is 10.4. The molecule has 0 saturated heterocycles. The van der Waals surface area contributed by atoms with Crippen molar-refractivity contribution in [2.45, 2.75) is 20.0 Å². The van der Waals surface area contributed by atoms with Gasteiger partial charge in [-0.2, -0.15) is 0 Å². The van der Waals surface area contributed by atoms with Gasteiger partial charge in [0.05, 0.1) is 18.6 Å². The number of hydrogen-bond acceptors (Lipinski definition) is 4. The molecule has 1 heterocycles. The molecule has 0 aliphatic heterocycles. The van der Waals surface area contributed by atoms with Crippen LogP contribution in [0.3, 0.4) is 0 Å². The van der Waals surface area contributed by atoms with Crippen LogP contribution in [-0.4, -0.2) is 42.3 Å². The minimum Gasteiger partial charge on any atom is -0.383 e. The SMILES string of the molecule is CCNC(=O)Cn1cnc(CNCCOC)c1. The summed E-state index contributed by atoms with van der Waals surface area (Å²) in [5.41, 5.74) is 0.922. The predicted molar refractivity (Wildman–Crippen MR) is 64.5 cm³/mol. The standard InChI is InChI=1S/C11H20N4O2/c1-3-13-11(16)8-15-7-10(14-9-15)6-12-4-5-17-2/h7,9,12H,3-6,8H2,1-2H3,(H,13,16). The summed E-state index contributed by atoms with van der Waals surface area (Å²) >= 11 is 0. The fourth-order valence-electron chi connectivity index (χ4n) is 1.39. The lowest BCUT2D eigenvalue weighted by Gasteiger charge is -2.02. The average Bonchev–Trinajstić information content (AvgIpc) is 2.72. The highest BCUT2D eigenvalue weighted by Crippen LogP contribution is 1.95. The maximum absolute atomic E-state index is 11.3. The van der Waals surface area contributed by atoms with Crippen molar-refractivity contribution in [1.82, 2.24) is 20.2 Å². The Morgan fingerprint density at radius 2 is 2.41 bits per heavy atom. The van der Waals surface area contributed by atoms with Crippen molar-refractivity contribution >= 4 is 5.91 Å². The molecule has 6 heteroatoms. The van der Waals surface area contributed by atoms with Gasteiger partial charge in [-0.1, -0.05) is 0 Å². The summed E-state index contributed by atoms with van der Waals surface area (Å²) in [7, 11) is 1.67. The zero-order valence-electron chi connectivity index (χ0n) is 10.4. The fourth-order valence-corrected chi connectivity index (χ4v) is 1.39.